The first-order chi connectivity index (χ1) is 13.7. The summed E-state index contributed by atoms with van der Waals surface area (Å²) in [6.45, 7) is 6.08. The Hall–Kier alpha value is -3.13. The number of anilines is 3. The van der Waals surface area contributed by atoms with Crippen molar-refractivity contribution in [2.24, 2.45) is 0 Å². The average Bonchev–Trinajstić information content (AvgIpc) is 3.34. The molecule has 1 aromatic carbocycles. The van der Waals surface area contributed by atoms with E-state index < -0.39 is 0 Å². The van der Waals surface area contributed by atoms with Crippen LogP contribution in [0.15, 0.2) is 42.6 Å². The minimum absolute atomic E-state index is 0.278. The van der Waals surface area contributed by atoms with Crippen LogP contribution in [0, 0.1) is 6.92 Å². The van der Waals surface area contributed by atoms with Crippen molar-refractivity contribution in [1.29, 1.82) is 0 Å². The monoisotopic (exact) mass is 379 g/mol. The van der Waals surface area contributed by atoms with Crippen molar-refractivity contribution in [3.05, 3.63) is 48.2 Å². The van der Waals surface area contributed by atoms with E-state index in [1.165, 1.54) is 30.6 Å². The SMILES string of the molecule is Cc1cc(OCCN2CCCC2)ccc1Nc1nc(N)n(-c2ccccn2)n1. The van der Waals surface area contributed by atoms with Crippen LogP contribution in [0.2, 0.25) is 0 Å². The number of pyridine rings is 1. The van der Waals surface area contributed by atoms with Crippen LogP contribution >= 0.6 is 0 Å². The zero-order valence-electron chi connectivity index (χ0n) is 16.0. The molecule has 0 atom stereocenters. The number of ether oxygens (including phenoxy) is 1. The number of aryl methyl sites for hydroxylation is 1. The molecule has 1 aliphatic heterocycles. The van der Waals surface area contributed by atoms with Gasteiger partial charge in [0.05, 0.1) is 0 Å². The number of nitrogens with zero attached hydrogens (tertiary/aromatic N) is 5. The lowest BCUT2D eigenvalue weighted by Gasteiger charge is -2.15. The summed E-state index contributed by atoms with van der Waals surface area (Å²) >= 11 is 0. The van der Waals surface area contributed by atoms with Gasteiger partial charge in [-0.2, -0.15) is 9.67 Å². The maximum atomic E-state index is 5.98. The summed E-state index contributed by atoms with van der Waals surface area (Å²) in [5, 5.41) is 7.62. The Bertz CT molecular complexity index is 920. The number of aromatic nitrogens is 4. The molecule has 0 saturated carbocycles. The summed E-state index contributed by atoms with van der Waals surface area (Å²) in [5.74, 6) is 2.20. The predicted octanol–water partition coefficient (Wildman–Crippen LogP) is 2.77. The van der Waals surface area contributed by atoms with Gasteiger partial charge in [0.1, 0.15) is 12.4 Å². The van der Waals surface area contributed by atoms with Crippen LogP contribution in [-0.4, -0.2) is 50.9 Å². The Morgan fingerprint density at radius 2 is 2.04 bits per heavy atom. The molecule has 8 heteroatoms. The van der Waals surface area contributed by atoms with Crippen LogP contribution < -0.4 is 15.8 Å². The highest BCUT2D eigenvalue weighted by atomic mass is 16.5. The predicted molar refractivity (Wildman–Crippen MR) is 109 cm³/mol. The number of rotatable bonds is 7. The quantitative estimate of drug-likeness (QED) is 0.652. The number of likely N-dealkylation sites (tertiary alicyclic amines) is 1. The van der Waals surface area contributed by atoms with Crippen molar-refractivity contribution in [2.45, 2.75) is 19.8 Å². The number of hydrogen-bond donors (Lipinski definition) is 2. The van der Waals surface area contributed by atoms with Crippen molar-refractivity contribution < 1.29 is 4.74 Å². The highest BCUT2D eigenvalue weighted by Crippen LogP contribution is 2.24. The van der Waals surface area contributed by atoms with Gasteiger partial charge >= 0.3 is 0 Å². The summed E-state index contributed by atoms with van der Waals surface area (Å²) in [6.07, 6.45) is 4.29. The van der Waals surface area contributed by atoms with Crippen LogP contribution in [0.25, 0.3) is 5.82 Å². The Labute approximate surface area is 164 Å². The Kier molecular flexibility index (Phi) is 5.38. The van der Waals surface area contributed by atoms with Gasteiger partial charge in [0.2, 0.25) is 11.9 Å². The third-order valence-corrected chi connectivity index (χ3v) is 4.82. The van der Waals surface area contributed by atoms with Gasteiger partial charge in [0.15, 0.2) is 5.82 Å². The van der Waals surface area contributed by atoms with E-state index >= 15 is 0 Å². The molecular weight excluding hydrogens is 354 g/mol. The zero-order chi connectivity index (χ0) is 19.3. The van der Waals surface area contributed by atoms with Gasteiger partial charge in [0, 0.05) is 18.4 Å². The third kappa shape index (κ3) is 4.23. The molecule has 0 unspecified atom stereocenters. The van der Waals surface area contributed by atoms with Crippen LogP contribution in [0.5, 0.6) is 5.75 Å². The molecule has 146 valence electrons. The van der Waals surface area contributed by atoms with E-state index in [2.05, 4.69) is 25.3 Å². The van der Waals surface area contributed by atoms with Crippen molar-refractivity contribution >= 4 is 17.6 Å². The molecule has 1 saturated heterocycles. The second kappa shape index (κ2) is 8.26. The largest absolute Gasteiger partial charge is 0.492 e. The molecule has 8 nitrogen and oxygen atoms in total. The van der Waals surface area contributed by atoms with Crippen molar-refractivity contribution in [3.8, 4) is 11.6 Å². The fourth-order valence-corrected chi connectivity index (χ4v) is 3.31. The van der Waals surface area contributed by atoms with Gasteiger partial charge in [0.25, 0.3) is 0 Å². The van der Waals surface area contributed by atoms with Crippen molar-refractivity contribution in [1.82, 2.24) is 24.6 Å². The lowest BCUT2D eigenvalue weighted by atomic mass is 10.2. The van der Waals surface area contributed by atoms with E-state index in [1.54, 1.807) is 6.20 Å². The topological polar surface area (TPSA) is 94.1 Å². The van der Waals surface area contributed by atoms with E-state index in [9.17, 15) is 0 Å². The molecule has 4 rings (SSSR count). The molecule has 3 aromatic rings. The van der Waals surface area contributed by atoms with Crippen LogP contribution in [0.1, 0.15) is 18.4 Å². The second-order valence-electron chi connectivity index (χ2n) is 6.89. The summed E-state index contributed by atoms with van der Waals surface area (Å²) in [6, 6.07) is 11.5. The minimum atomic E-state index is 0.278. The summed E-state index contributed by atoms with van der Waals surface area (Å²) < 4.78 is 7.41. The molecule has 1 fully saturated rings. The molecule has 0 spiro atoms. The second-order valence-corrected chi connectivity index (χ2v) is 6.89. The van der Waals surface area contributed by atoms with Crippen molar-refractivity contribution in [3.63, 3.8) is 0 Å². The van der Waals surface area contributed by atoms with E-state index in [0.29, 0.717) is 18.4 Å². The Morgan fingerprint density at radius 1 is 1.18 bits per heavy atom. The number of benzene rings is 1. The van der Waals surface area contributed by atoms with Crippen molar-refractivity contribution in [2.75, 3.05) is 37.3 Å². The highest BCUT2D eigenvalue weighted by Gasteiger charge is 2.12. The van der Waals surface area contributed by atoms with Gasteiger partial charge in [-0.15, -0.1) is 5.10 Å². The van der Waals surface area contributed by atoms with Crippen LogP contribution in [0.4, 0.5) is 17.6 Å². The molecule has 1 aliphatic rings. The first kappa shape index (κ1) is 18.2. The lowest BCUT2D eigenvalue weighted by Crippen LogP contribution is -2.25. The molecule has 0 aliphatic carbocycles. The molecule has 2 aromatic heterocycles. The number of nitrogens with one attached hydrogen (secondary N) is 1. The van der Waals surface area contributed by atoms with E-state index in [0.717, 1.165) is 23.5 Å². The summed E-state index contributed by atoms with van der Waals surface area (Å²) in [4.78, 5) is 11.0. The third-order valence-electron chi connectivity index (χ3n) is 4.82. The minimum Gasteiger partial charge on any atom is -0.492 e. The van der Waals surface area contributed by atoms with Crippen LogP contribution in [-0.2, 0) is 0 Å². The molecular formula is C20H25N7O. The fourth-order valence-electron chi connectivity index (χ4n) is 3.31. The molecule has 3 N–H and O–H groups in total. The van der Waals surface area contributed by atoms with E-state index in [4.69, 9.17) is 10.5 Å². The van der Waals surface area contributed by atoms with E-state index in [1.807, 2.05) is 43.3 Å². The van der Waals surface area contributed by atoms with Gasteiger partial charge in [-0.05, 0) is 68.8 Å². The highest BCUT2D eigenvalue weighted by molar-refractivity contribution is 5.60. The smallest absolute Gasteiger partial charge is 0.248 e. The van der Waals surface area contributed by atoms with Gasteiger partial charge in [-0.1, -0.05) is 6.07 Å². The molecule has 0 amide bonds. The Morgan fingerprint density at radius 3 is 2.79 bits per heavy atom. The molecule has 0 bridgehead atoms. The first-order valence-corrected chi connectivity index (χ1v) is 9.56. The van der Waals surface area contributed by atoms with Gasteiger partial charge < -0.3 is 15.8 Å². The van der Waals surface area contributed by atoms with Crippen LogP contribution in [0.3, 0.4) is 0 Å². The number of nitrogens with two attached hydrogens (primary N) is 1. The molecule has 0 radical (unpaired) electrons. The van der Waals surface area contributed by atoms with E-state index in [-0.39, 0.29) is 5.95 Å². The number of nitrogen functional groups attached to an aromatic ring is 1. The molecule has 28 heavy (non-hydrogen) atoms. The summed E-state index contributed by atoms with van der Waals surface area (Å²) in [5.41, 5.74) is 7.94. The van der Waals surface area contributed by atoms with Gasteiger partial charge in [-0.25, -0.2) is 4.98 Å². The Balaban J connectivity index is 1.39. The molecule has 3 heterocycles. The fraction of sp³-hybridized carbons (Fsp3) is 0.350. The lowest BCUT2D eigenvalue weighted by molar-refractivity contribution is 0.237. The zero-order valence-corrected chi connectivity index (χ0v) is 16.0. The maximum absolute atomic E-state index is 5.98. The average molecular weight is 379 g/mol. The summed E-state index contributed by atoms with van der Waals surface area (Å²) in [7, 11) is 0. The maximum Gasteiger partial charge on any atom is 0.248 e. The normalized spacial score (nSPS) is 14.3. The standard InChI is InChI=1S/C20H25N7O/c1-15-14-16(28-13-12-26-10-4-5-11-26)7-8-17(15)23-20-24-19(21)27(25-20)18-6-2-3-9-22-18/h2-3,6-9,14H,4-5,10-13H2,1H3,(H3,21,23,24,25). The van der Waals surface area contributed by atoms with Gasteiger partial charge in [-0.3, -0.25) is 4.90 Å². The number of hydrogen-bond acceptors (Lipinski definition) is 7. The first-order valence-electron chi connectivity index (χ1n) is 9.56.